The summed E-state index contributed by atoms with van der Waals surface area (Å²) in [6, 6.07) is 6.76. The van der Waals surface area contributed by atoms with Crippen LogP contribution in [0.2, 0.25) is 0 Å². The Labute approximate surface area is 116 Å². The van der Waals surface area contributed by atoms with E-state index < -0.39 is 0 Å². The van der Waals surface area contributed by atoms with Gasteiger partial charge in [-0.25, -0.2) is 4.39 Å². The summed E-state index contributed by atoms with van der Waals surface area (Å²) in [5.74, 6) is -0.183. The predicted molar refractivity (Wildman–Crippen MR) is 77.7 cm³/mol. The smallest absolute Gasteiger partial charge is 0.128 e. The Bertz CT molecular complexity index is 360. The fraction of sp³-hybridized carbons (Fsp3) is 0.625. The van der Waals surface area contributed by atoms with Gasteiger partial charge in [0.15, 0.2) is 0 Å². The van der Waals surface area contributed by atoms with E-state index >= 15 is 0 Å². The van der Waals surface area contributed by atoms with Crippen molar-refractivity contribution >= 4 is 0 Å². The fourth-order valence-corrected chi connectivity index (χ4v) is 1.77. The zero-order chi connectivity index (χ0) is 14.1. The van der Waals surface area contributed by atoms with Crippen LogP contribution < -0.4 is 5.32 Å². The second-order valence-corrected chi connectivity index (χ2v) is 5.88. The summed E-state index contributed by atoms with van der Waals surface area (Å²) in [6.07, 6.45) is 3.32. The van der Waals surface area contributed by atoms with Crippen LogP contribution in [-0.2, 0) is 11.3 Å². The molecule has 108 valence electrons. The maximum absolute atomic E-state index is 13.3. The van der Waals surface area contributed by atoms with E-state index in [1.54, 1.807) is 12.1 Å². The lowest BCUT2D eigenvalue weighted by Crippen LogP contribution is -2.36. The molecule has 0 bridgehead atoms. The number of hydrogen-bond acceptors (Lipinski definition) is 2. The molecule has 0 spiro atoms. The lowest BCUT2D eigenvalue weighted by molar-refractivity contribution is 0.114. The van der Waals surface area contributed by atoms with Gasteiger partial charge in [-0.2, -0.15) is 0 Å². The minimum atomic E-state index is -0.183. The summed E-state index contributed by atoms with van der Waals surface area (Å²) in [6.45, 7) is 8.62. The molecular weight excluding hydrogens is 241 g/mol. The molecular formula is C16H26FNO. The number of unbranched alkanes of at least 4 members (excludes halogenated alkanes) is 2. The molecule has 0 atom stereocenters. The standard InChI is InChI=1S/C16H26FNO/c1-16(2,3)18-11-7-4-8-12-19-13-14-9-5-6-10-15(14)17/h5-6,9-10,18H,4,7-8,11-13H2,1-3H3. The van der Waals surface area contributed by atoms with Crippen LogP contribution in [0.25, 0.3) is 0 Å². The first kappa shape index (κ1) is 16.1. The Morgan fingerprint density at radius 3 is 2.53 bits per heavy atom. The summed E-state index contributed by atoms with van der Waals surface area (Å²) in [5.41, 5.74) is 0.832. The average Bonchev–Trinajstić information content (AvgIpc) is 2.33. The molecule has 19 heavy (non-hydrogen) atoms. The highest BCUT2D eigenvalue weighted by Gasteiger charge is 2.06. The molecule has 1 N–H and O–H groups in total. The predicted octanol–water partition coefficient (Wildman–Crippen LogP) is 3.90. The van der Waals surface area contributed by atoms with E-state index in [1.807, 2.05) is 6.07 Å². The van der Waals surface area contributed by atoms with E-state index in [-0.39, 0.29) is 11.4 Å². The van der Waals surface area contributed by atoms with Gasteiger partial charge in [-0.1, -0.05) is 18.2 Å². The van der Waals surface area contributed by atoms with Crippen LogP contribution in [0.3, 0.4) is 0 Å². The molecule has 1 aromatic carbocycles. The Morgan fingerprint density at radius 2 is 1.84 bits per heavy atom. The van der Waals surface area contributed by atoms with Gasteiger partial charge in [0.1, 0.15) is 5.82 Å². The molecule has 0 unspecified atom stereocenters. The third-order valence-electron chi connectivity index (χ3n) is 2.84. The Balaban J connectivity index is 1.99. The highest BCUT2D eigenvalue weighted by atomic mass is 19.1. The van der Waals surface area contributed by atoms with Crippen molar-refractivity contribution in [1.82, 2.24) is 5.32 Å². The van der Waals surface area contributed by atoms with Crippen molar-refractivity contribution in [2.24, 2.45) is 0 Å². The third-order valence-corrected chi connectivity index (χ3v) is 2.84. The van der Waals surface area contributed by atoms with Crippen LogP contribution in [0.5, 0.6) is 0 Å². The lowest BCUT2D eigenvalue weighted by Gasteiger charge is -2.20. The normalized spacial score (nSPS) is 11.8. The molecule has 0 aromatic heterocycles. The molecule has 0 fully saturated rings. The molecule has 0 aliphatic rings. The Kier molecular flexibility index (Phi) is 7.03. The van der Waals surface area contributed by atoms with E-state index in [0.717, 1.165) is 25.8 Å². The third kappa shape index (κ3) is 7.96. The van der Waals surface area contributed by atoms with Crippen molar-refractivity contribution in [3.8, 4) is 0 Å². The molecule has 0 saturated carbocycles. The largest absolute Gasteiger partial charge is 0.377 e. The first-order valence-electron chi connectivity index (χ1n) is 7.05. The number of nitrogens with one attached hydrogen (secondary N) is 1. The van der Waals surface area contributed by atoms with Crippen LogP contribution in [0.1, 0.15) is 45.6 Å². The van der Waals surface area contributed by atoms with E-state index in [4.69, 9.17) is 4.74 Å². The zero-order valence-electron chi connectivity index (χ0n) is 12.3. The maximum atomic E-state index is 13.3. The molecule has 3 heteroatoms. The highest BCUT2D eigenvalue weighted by molar-refractivity contribution is 5.16. The van der Waals surface area contributed by atoms with Crippen molar-refractivity contribution in [2.45, 2.75) is 52.2 Å². The number of halogens is 1. The molecule has 0 amide bonds. The summed E-state index contributed by atoms with van der Waals surface area (Å²) >= 11 is 0. The highest BCUT2D eigenvalue weighted by Crippen LogP contribution is 2.08. The Hall–Kier alpha value is -0.930. The van der Waals surface area contributed by atoms with Gasteiger partial charge in [0.25, 0.3) is 0 Å². The summed E-state index contributed by atoms with van der Waals surface area (Å²) < 4.78 is 18.8. The summed E-state index contributed by atoms with van der Waals surface area (Å²) in [5, 5.41) is 3.46. The van der Waals surface area contributed by atoms with Gasteiger partial charge < -0.3 is 10.1 Å². The minimum Gasteiger partial charge on any atom is -0.377 e. The van der Waals surface area contributed by atoms with Crippen LogP contribution in [0, 0.1) is 5.82 Å². The quantitative estimate of drug-likeness (QED) is 0.721. The number of benzene rings is 1. The summed E-state index contributed by atoms with van der Waals surface area (Å²) in [7, 11) is 0. The van der Waals surface area contributed by atoms with Crippen molar-refractivity contribution in [3.63, 3.8) is 0 Å². The van der Waals surface area contributed by atoms with Crippen LogP contribution in [0.4, 0.5) is 4.39 Å². The van der Waals surface area contributed by atoms with Crippen molar-refractivity contribution in [2.75, 3.05) is 13.2 Å². The molecule has 0 saturated heterocycles. The molecule has 1 aromatic rings. The zero-order valence-corrected chi connectivity index (χ0v) is 12.3. The van der Waals surface area contributed by atoms with Gasteiger partial charge in [-0.15, -0.1) is 0 Å². The van der Waals surface area contributed by atoms with Crippen LogP contribution in [0.15, 0.2) is 24.3 Å². The minimum absolute atomic E-state index is 0.183. The van der Waals surface area contributed by atoms with E-state index in [9.17, 15) is 4.39 Å². The van der Waals surface area contributed by atoms with Gasteiger partial charge in [0.2, 0.25) is 0 Å². The second-order valence-electron chi connectivity index (χ2n) is 5.88. The van der Waals surface area contributed by atoms with Gasteiger partial charge in [-0.3, -0.25) is 0 Å². The number of ether oxygens (including phenoxy) is 1. The van der Waals surface area contributed by atoms with Gasteiger partial charge in [0, 0.05) is 17.7 Å². The fourth-order valence-electron chi connectivity index (χ4n) is 1.77. The molecule has 1 rings (SSSR count). The number of hydrogen-bond donors (Lipinski definition) is 1. The second kappa shape index (κ2) is 8.28. The lowest BCUT2D eigenvalue weighted by atomic mass is 10.1. The van der Waals surface area contributed by atoms with Gasteiger partial charge in [-0.05, 0) is 52.6 Å². The van der Waals surface area contributed by atoms with Crippen molar-refractivity contribution < 1.29 is 9.13 Å². The van der Waals surface area contributed by atoms with Crippen molar-refractivity contribution in [3.05, 3.63) is 35.6 Å². The van der Waals surface area contributed by atoms with E-state index in [0.29, 0.717) is 18.8 Å². The van der Waals surface area contributed by atoms with Crippen LogP contribution >= 0.6 is 0 Å². The molecule has 2 nitrogen and oxygen atoms in total. The van der Waals surface area contributed by atoms with Gasteiger partial charge in [0.05, 0.1) is 6.61 Å². The Morgan fingerprint density at radius 1 is 1.11 bits per heavy atom. The van der Waals surface area contributed by atoms with Gasteiger partial charge >= 0.3 is 0 Å². The van der Waals surface area contributed by atoms with Crippen molar-refractivity contribution in [1.29, 1.82) is 0 Å². The molecule has 0 aliphatic carbocycles. The average molecular weight is 267 g/mol. The van der Waals surface area contributed by atoms with E-state index in [1.165, 1.54) is 6.07 Å². The topological polar surface area (TPSA) is 21.3 Å². The first-order chi connectivity index (χ1) is 8.99. The first-order valence-corrected chi connectivity index (χ1v) is 7.05. The SMILES string of the molecule is CC(C)(C)NCCCCCOCc1ccccc1F. The van der Waals surface area contributed by atoms with Crippen LogP contribution in [-0.4, -0.2) is 18.7 Å². The summed E-state index contributed by atoms with van der Waals surface area (Å²) in [4.78, 5) is 0. The maximum Gasteiger partial charge on any atom is 0.128 e. The molecule has 0 heterocycles. The van der Waals surface area contributed by atoms with E-state index in [2.05, 4.69) is 26.1 Å². The molecule has 0 radical (unpaired) electrons. The monoisotopic (exact) mass is 267 g/mol. The number of rotatable bonds is 8. The molecule has 0 aliphatic heterocycles.